The summed E-state index contributed by atoms with van der Waals surface area (Å²) in [6.07, 6.45) is 4.41. The monoisotopic (exact) mass is 169 g/mol. The van der Waals surface area contributed by atoms with Crippen molar-refractivity contribution in [3.63, 3.8) is 0 Å². The Balaban J connectivity index is 2.47. The molecular formula is C9H19N3. The number of hydrogen-bond acceptors (Lipinski definition) is 3. The Kier molecular flexibility index (Phi) is 3.41. The van der Waals surface area contributed by atoms with Crippen LogP contribution in [0.3, 0.4) is 0 Å². The smallest absolute Gasteiger partial charge is 0.0893 e. The van der Waals surface area contributed by atoms with Crippen LogP contribution in [0.25, 0.3) is 0 Å². The summed E-state index contributed by atoms with van der Waals surface area (Å²) in [6.45, 7) is 5.14. The second-order valence-electron chi connectivity index (χ2n) is 3.32. The molecule has 3 nitrogen and oxygen atoms in total. The maximum absolute atomic E-state index is 5.53. The van der Waals surface area contributed by atoms with E-state index in [1.165, 1.54) is 12.1 Å². The maximum atomic E-state index is 5.53. The van der Waals surface area contributed by atoms with Crippen molar-refractivity contribution in [2.24, 2.45) is 5.73 Å². The molecule has 3 heteroatoms. The zero-order valence-corrected chi connectivity index (χ0v) is 8.08. The van der Waals surface area contributed by atoms with Crippen LogP contribution in [0.15, 0.2) is 11.9 Å². The molecule has 0 aromatic carbocycles. The van der Waals surface area contributed by atoms with Gasteiger partial charge >= 0.3 is 0 Å². The van der Waals surface area contributed by atoms with E-state index in [0.29, 0.717) is 0 Å². The SMILES string of the molecule is CCCN1CN(C)C=C1CCN. The predicted molar refractivity (Wildman–Crippen MR) is 51.4 cm³/mol. The highest BCUT2D eigenvalue weighted by Gasteiger charge is 2.15. The predicted octanol–water partition coefficient (Wildman–Crippen LogP) is 0.791. The average Bonchev–Trinajstić information content (AvgIpc) is 2.33. The highest BCUT2D eigenvalue weighted by molar-refractivity contribution is 5.05. The Labute approximate surface area is 74.8 Å². The van der Waals surface area contributed by atoms with Crippen molar-refractivity contribution in [2.75, 3.05) is 26.8 Å². The fraction of sp³-hybridized carbons (Fsp3) is 0.778. The lowest BCUT2D eigenvalue weighted by Gasteiger charge is -2.21. The summed E-state index contributed by atoms with van der Waals surface area (Å²) < 4.78 is 0. The summed E-state index contributed by atoms with van der Waals surface area (Å²) in [5.74, 6) is 0. The average molecular weight is 169 g/mol. The molecule has 0 bridgehead atoms. The van der Waals surface area contributed by atoms with E-state index in [1.54, 1.807) is 0 Å². The molecule has 0 saturated heterocycles. The van der Waals surface area contributed by atoms with Gasteiger partial charge < -0.3 is 15.5 Å². The molecule has 1 rings (SSSR count). The summed E-state index contributed by atoms with van der Waals surface area (Å²) in [6, 6.07) is 0. The van der Waals surface area contributed by atoms with Gasteiger partial charge in [-0.2, -0.15) is 0 Å². The molecule has 0 aromatic heterocycles. The van der Waals surface area contributed by atoms with Gasteiger partial charge in [0, 0.05) is 31.9 Å². The maximum Gasteiger partial charge on any atom is 0.0893 e. The van der Waals surface area contributed by atoms with Gasteiger partial charge in [-0.05, 0) is 13.0 Å². The lowest BCUT2D eigenvalue weighted by molar-refractivity contribution is 0.278. The lowest BCUT2D eigenvalue weighted by atomic mass is 10.3. The first-order valence-electron chi connectivity index (χ1n) is 4.64. The van der Waals surface area contributed by atoms with Crippen LogP contribution in [0.2, 0.25) is 0 Å². The summed E-state index contributed by atoms with van der Waals surface area (Å²) in [5.41, 5.74) is 6.92. The van der Waals surface area contributed by atoms with Crippen molar-refractivity contribution >= 4 is 0 Å². The molecule has 0 spiro atoms. The fourth-order valence-electron chi connectivity index (χ4n) is 1.59. The number of rotatable bonds is 4. The third-order valence-corrected chi connectivity index (χ3v) is 2.06. The van der Waals surface area contributed by atoms with Gasteiger partial charge in [0.1, 0.15) is 0 Å². The van der Waals surface area contributed by atoms with Crippen LogP contribution in [0.4, 0.5) is 0 Å². The van der Waals surface area contributed by atoms with Gasteiger partial charge in [0.05, 0.1) is 6.67 Å². The molecule has 12 heavy (non-hydrogen) atoms. The Morgan fingerprint density at radius 1 is 1.58 bits per heavy atom. The molecule has 1 aliphatic rings. The molecular weight excluding hydrogens is 150 g/mol. The Bertz CT molecular complexity index is 165. The molecule has 0 atom stereocenters. The first-order valence-corrected chi connectivity index (χ1v) is 4.64. The normalized spacial score (nSPS) is 17.1. The zero-order valence-electron chi connectivity index (χ0n) is 8.08. The quantitative estimate of drug-likeness (QED) is 0.675. The molecule has 70 valence electrons. The van der Waals surface area contributed by atoms with Crippen LogP contribution >= 0.6 is 0 Å². The minimum absolute atomic E-state index is 0.750. The van der Waals surface area contributed by atoms with Crippen LogP contribution in [0.1, 0.15) is 19.8 Å². The number of nitrogens with zero attached hydrogens (tertiary/aromatic N) is 2. The van der Waals surface area contributed by atoms with Gasteiger partial charge in [-0.1, -0.05) is 6.92 Å². The summed E-state index contributed by atoms with van der Waals surface area (Å²) in [5, 5.41) is 0. The lowest BCUT2D eigenvalue weighted by Crippen LogP contribution is -2.26. The van der Waals surface area contributed by atoms with Crippen molar-refractivity contribution in [2.45, 2.75) is 19.8 Å². The first-order chi connectivity index (χ1) is 5.77. The largest absolute Gasteiger partial charge is 0.361 e. The standard InChI is InChI=1S/C9H19N3/c1-3-6-12-8-11(2)7-9(12)4-5-10/h7H,3-6,8,10H2,1-2H3. The number of hydrogen-bond donors (Lipinski definition) is 1. The Hall–Kier alpha value is -0.700. The molecule has 0 aliphatic carbocycles. The third kappa shape index (κ3) is 2.14. The van der Waals surface area contributed by atoms with Gasteiger partial charge in [0.2, 0.25) is 0 Å². The van der Waals surface area contributed by atoms with Crippen molar-refractivity contribution in [3.8, 4) is 0 Å². The van der Waals surface area contributed by atoms with Crippen LogP contribution in [-0.4, -0.2) is 36.6 Å². The van der Waals surface area contributed by atoms with E-state index in [1.807, 2.05) is 0 Å². The van der Waals surface area contributed by atoms with Crippen LogP contribution in [0.5, 0.6) is 0 Å². The van der Waals surface area contributed by atoms with Gasteiger partial charge in [0.25, 0.3) is 0 Å². The topological polar surface area (TPSA) is 32.5 Å². The van der Waals surface area contributed by atoms with Crippen LogP contribution < -0.4 is 5.73 Å². The zero-order chi connectivity index (χ0) is 8.97. The van der Waals surface area contributed by atoms with Gasteiger partial charge in [0.15, 0.2) is 0 Å². The second-order valence-corrected chi connectivity index (χ2v) is 3.32. The molecule has 0 radical (unpaired) electrons. The van der Waals surface area contributed by atoms with Gasteiger partial charge in [-0.25, -0.2) is 0 Å². The van der Waals surface area contributed by atoms with Crippen molar-refractivity contribution < 1.29 is 0 Å². The molecule has 0 unspecified atom stereocenters. The van der Waals surface area contributed by atoms with Crippen molar-refractivity contribution in [1.82, 2.24) is 9.80 Å². The van der Waals surface area contributed by atoms with E-state index in [-0.39, 0.29) is 0 Å². The minimum atomic E-state index is 0.750. The van der Waals surface area contributed by atoms with Gasteiger partial charge in [-0.15, -0.1) is 0 Å². The molecule has 0 amide bonds. The van der Waals surface area contributed by atoms with E-state index in [2.05, 4.69) is 30.0 Å². The Morgan fingerprint density at radius 2 is 2.33 bits per heavy atom. The molecule has 0 fully saturated rings. The van der Waals surface area contributed by atoms with Crippen LogP contribution in [0, 0.1) is 0 Å². The summed E-state index contributed by atoms with van der Waals surface area (Å²) >= 11 is 0. The highest BCUT2D eigenvalue weighted by Crippen LogP contribution is 2.16. The van der Waals surface area contributed by atoms with E-state index in [9.17, 15) is 0 Å². The third-order valence-electron chi connectivity index (χ3n) is 2.06. The summed E-state index contributed by atoms with van der Waals surface area (Å²) in [4.78, 5) is 4.60. The molecule has 0 aromatic rings. The molecule has 0 saturated carbocycles. The van der Waals surface area contributed by atoms with Crippen molar-refractivity contribution in [3.05, 3.63) is 11.9 Å². The van der Waals surface area contributed by atoms with E-state index < -0.39 is 0 Å². The van der Waals surface area contributed by atoms with Crippen molar-refractivity contribution in [1.29, 1.82) is 0 Å². The summed E-state index contributed by atoms with van der Waals surface area (Å²) in [7, 11) is 2.10. The van der Waals surface area contributed by atoms with Gasteiger partial charge in [-0.3, -0.25) is 0 Å². The molecule has 2 N–H and O–H groups in total. The number of nitrogens with two attached hydrogens (primary N) is 1. The van der Waals surface area contributed by atoms with E-state index in [0.717, 1.165) is 26.2 Å². The second kappa shape index (κ2) is 4.36. The molecule has 1 heterocycles. The highest BCUT2D eigenvalue weighted by atomic mass is 15.3. The van der Waals surface area contributed by atoms with Crippen LogP contribution in [-0.2, 0) is 0 Å². The minimum Gasteiger partial charge on any atom is -0.361 e. The Morgan fingerprint density at radius 3 is 2.92 bits per heavy atom. The fourth-order valence-corrected chi connectivity index (χ4v) is 1.59. The first kappa shape index (κ1) is 9.39. The molecule has 1 aliphatic heterocycles. The van der Waals surface area contributed by atoms with E-state index >= 15 is 0 Å². The van der Waals surface area contributed by atoms with E-state index in [4.69, 9.17) is 5.73 Å².